The summed E-state index contributed by atoms with van der Waals surface area (Å²) in [5.74, 6) is -0.209. The van der Waals surface area contributed by atoms with Crippen molar-refractivity contribution in [3.8, 4) is 0 Å². The molecule has 2 heterocycles. The summed E-state index contributed by atoms with van der Waals surface area (Å²) in [4.78, 5) is 31.0. The lowest BCUT2D eigenvalue weighted by molar-refractivity contribution is -0.139. The number of carbonyl (C=O) groups is 2. The van der Waals surface area contributed by atoms with Crippen LogP contribution in [0.15, 0.2) is 18.2 Å². The molecule has 0 radical (unpaired) electrons. The Morgan fingerprint density at radius 2 is 1.94 bits per heavy atom. The van der Waals surface area contributed by atoms with Gasteiger partial charge in [-0.05, 0) is 77.0 Å². The lowest BCUT2D eigenvalue weighted by Crippen LogP contribution is -2.50. The predicted molar refractivity (Wildman–Crippen MR) is 125 cm³/mol. The summed E-state index contributed by atoms with van der Waals surface area (Å²) in [5, 5.41) is 9.81. The molecule has 1 saturated carbocycles. The zero-order valence-corrected chi connectivity index (χ0v) is 19.9. The van der Waals surface area contributed by atoms with Crippen molar-refractivity contribution in [2.45, 2.75) is 77.0 Å². The molecule has 2 saturated heterocycles. The predicted octanol–water partition coefficient (Wildman–Crippen LogP) is 3.93. The van der Waals surface area contributed by atoms with E-state index in [0.29, 0.717) is 24.5 Å². The van der Waals surface area contributed by atoms with Gasteiger partial charge in [-0.1, -0.05) is 0 Å². The molecule has 1 aliphatic carbocycles. The van der Waals surface area contributed by atoms with Gasteiger partial charge in [-0.3, -0.25) is 9.69 Å². The molecule has 1 spiro atoms. The third-order valence-corrected chi connectivity index (χ3v) is 7.50. The van der Waals surface area contributed by atoms with E-state index in [1.165, 1.54) is 11.0 Å². The Bertz CT molecular complexity index is 886. The van der Waals surface area contributed by atoms with E-state index in [1.807, 2.05) is 9.80 Å². The summed E-state index contributed by atoms with van der Waals surface area (Å²) in [7, 11) is 1.56. The van der Waals surface area contributed by atoms with Gasteiger partial charge in [0, 0.05) is 38.4 Å². The first kappa shape index (κ1) is 23.8. The van der Waals surface area contributed by atoms with Gasteiger partial charge >= 0.3 is 6.09 Å². The van der Waals surface area contributed by atoms with Crippen molar-refractivity contribution in [1.82, 2.24) is 4.90 Å². The minimum Gasteiger partial charge on any atom is -0.446 e. The number of ether oxygens (including phenoxy) is 1. The largest absolute Gasteiger partial charge is 0.446 e. The highest BCUT2D eigenvalue weighted by Crippen LogP contribution is 2.44. The lowest BCUT2D eigenvalue weighted by Gasteiger charge is -2.41. The number of benzene rings is 1. The number of anilines is 2. The summed E-state index contributed by atoms with van der Waals surface area (Å²) in [6.45, 7) is 5.50. The SMILES string of the molecule is CC(C)OC(=O)N(C)c1ccc(N2CCC[C@]3(CCN(C4CCC(O)CC4)C3=O)C2)c(F)c1. The Balaban J connectivity index is 1.46. The topological polar surface area (TPSA) is 73.3 Å². The second-order valence-electron chi connectivity index (χ2n) is 10.1. The van der Waals surface area contributed by atoms with Crippen LogP contribution in [0.4, 0.5) is 20.6 Å². The van der Waals surface area contributed by atoms with Crippen molar-refractivity contribution in [1.29, 1.82) is 0 Å². The first-order chi connectivity index (χ1) is 15.7. The molecular formula is C25H36FN3O4. The normalized spacial score (nSPS) is 28.0. The van der Waals surface area contributed by atoms with Crippen LogP contribution in [0.2, 0.25) is 0 Å². The molecule has 0 unspecified atom stereocenters. The van der Waals surface area contributed by atoms with Gasteiger partial charge < -0.3 is 19.6 Å². The van der Waals surface area contributed by atoms with Crippen molar-refractivity contribution in [3.05, 3.63) is 24.0 Å². The van der Waals surface area contributed by atoms with Gasteiger partial charge in [0.2, 0.25) is 5.91 Å². The lowest BCUT2D eigenvalue weighted by atomic mass is 9.78. The molecule has 2 amide bonds. The number of hydrogen-bond donors (Lipinski definition) is 1. The van der Waals surface area contributed by atoms with Crippen LogP contribution >= 0.6 is 0 Å². The van der Waals surface area contributed by atoms with Gasteiger partial charge in [-0.2, -0.15) is 0 Å². The van der Waals surface area contributed by atoms with Crippen LogP contribution in [-0.2, 0) is 9.53 Å². The van der Waals surface area contributed by atoms with Crippen LogP contribution in [0.5, 0.6) is 0 Å². The number of likely N-dealkylation sites (tertiary alicyclic amines) is 1. The van der Waals surface area contributed by atoms with E-state index in [9.17, 15) is 14.7 Å². The minimum atomic E-state index is -0.527. The number of nitrogens with zero attached hydrogens (tertiary/aromatic N) is 3. The van der Waals surface area contributed by atoms with Gasteiger partial charge in [0.25, 0.3) is 0 Å². The van der Waals surface area contributed by atoms with E-state index in [0.717, 1.165) is 51.5 Å². The molecule has 1 atom stereocenters. The maximum atomic E-state index is 15.2. The van der Waals surface area contributed by atoms with E-state index in [4.69, 9.17) is 4.74 Å². The zero-order chi connectivity index (χ0) is 23.8. The van der Waals surface area contributed by atoms with Crippen LogP contribution in [0.3, 0.4) is 0 Å². The fraction of sp³-hybridized carbons (Fsp3) is 0.680. The molecule has 3 aliphatic rings. The maximum Gasteiger partial charge on any atom is 0.414 e. The van der Waals surface area contributed by atoms with E-state index >= 15 is 4.39 Å². The third-order valence-electron chi connectivity index (χ3n) is 7.50. The van der Waals surface area contributed by atoms with Gasteiger partial charge in [-0.25, -0.2) is 9.18 Å². The van der Waals surface area contributed by atoms with E-state index in [1.54, 1.807) is 33.0 Å². The molecule has 4 rings (SSSR count). The highest BCUT2D eigenvalue weighted by molar-refractivity contribution is 5.88. The standard InChI is InChI=1S/C25H36FN3O4/c1-17(2)33-24(32)27(3)19-7-10-22(21(26)15-19)28-13-4-11-25(16-28)12-14-29(23(25)31)18-5-8-20(30)9-6-18/h7,10,15,17-18,20,30H,4-6,8-9,11-14,16H2,1-3H3/t18?,20?,25-/m0/s1. The molecule has 7 nitrogen and oxygen atoms in total. The van der Waals surface area contributed by atoms with Crippen molar-refractivity contribution in [2.75, 3.05) is 36.5 Å². The molecule has 3 fully saturated rings. The highest BCUT2D eigenvalue weighted by Gasteiger charge is 2.50. The number of aliphatic hydroxyl groups is 1. The fourth-order valence-electron chi connectivity index (χ4n) is 5.63. The number of carbonyl (C=O) groups excluding carboxylic acids is 2. The molecular weight excluding hydrogens is 425 g/mol. The summed E-state index contributed by atoms with van der Waals surface area (Å²) in [6, 6.07) is 4.99. The monoisotopic (exact) mass is 461 g/mol. The second kappa shape index (κ2) is 9.49. The number of halogens is 1. The molecule has 0 bridgehead atoms. The average molecular weight is 462 g/mol. The summed E-state index contributed by atoms with van der Waals surface area (Å²) < 4.78 is 20.4. The van der Waals surface area contributed by atoms with Gasteiger partial charge in [0.15, 0.2) is 0 Å². The summed E-state index contributed by atoms with van der Waals surface area (Å²) >= 11 is 0. The van der Waals surface area contributed by atoms with E-state index < -0.39 is 17.3 Å². The van der Waals surface area contributed by atoms with Crippen molar-refractivity contribution < 1.29 is 23.8 Å². The average Bonchev–Trinajstić information content (AvgIpc) is 3.08. The zero-order valence-electron chi connectivity index (χ0n) is 19.9. The van der Waals surface area contributed by atoms with Crippen molar-refractivity contribution in [3.63, 3.8) is 0 Å². The molecule has 33 heavy (non-hydrogen) atoms. The number of hydrogen-bond acceptors (Lipinski definition) is 5. The Hall–Kier alpha value is -2.35. The fourth-order valence-corrected chi connectivity index (χ4v) is 5.63. The number of piperidine rings is 1. The number of amides is 2. The smallest absolute Gasteiger partial charge is 0.414 e. The quantitative estimate of drug-likeness (QED) is 0.736. The number of rotatable bonds is 4. The summed E-state index contributed by atoms with van der Waals surface area (Å²) in [5.41, 5.74) is 0.434. The Kier molecular flexibility index (Phi) is 6.84. The molecule has 182 valence electrons. The van der Waals surface area contributed by atoms with Gasteiger partial charge in [-0.15, -0.1) is 0 Å². The molecule has 1 aromatic rings. The molecule has 1 N–H and O–H groups in total. The Morgan fingerprint density at radius 3 is 2.61 bits per heavy atom. The van der Waals surface area contributed by atoms with Gasteiger partial charge in [0.05, 0.1) is 23.3 Å². The van der Waals surface area contributed by atoms with E-state index in [-0.39, 0.29) is 24.2 Å². The Labute approximate surface area is 195 Å². The second-order valence-corrected chi connectivity index (χ2v) is 10.1. The van der Waals surface area contributed by atoms with Crippen LogP contribution in [0, 0.1) is 11.2 Å². The third kappa shape index (κ3) is 4.81. The first-order valence-corrected chi connectivity index (χ1v) is 12.2. The maximum absolute atomic E-state index is 15.2. The molecule has 8 heteroatoms. The van der Waals surface area contributed by atoms with Crippen molar-refractivity contribution >= 4 is 23.4 Å². The number of aliphatic hydroxyl groups excluding tert-OH is 1. The highest BCUT2D eigenvalue weighted by atomic mass is 19.1. The molecule has 1 aromatic carbocycles. The van der Waals surface area contributed by atoms with E-state index in [2.05, 4.69) is 0 Å². The van der Waals surface area contributed by atoms with Gasteiger partial charge in [0.1, 0.15) is 5.82 Å². The van der Waals surface area contributed by atoms with Crippen LogP contribution in [0.1, 0.15) is 58.8 Å². The van der Waals surface area contributed by atoms with Crippen LogP contribution in [-0.4, -0.2) is 66.9 Å². The van der Waals surface area contributed by atoms with Crippen LogP contribution < -0.4 is 9.80 Å². The first-order valence-electron chi connectivity index (χ1n) is 12.2. The van der Waals surface area contributed by atoms with Crippen LogP contribution in [0.25, 0.3) is 0 Å². The van der Waals surface area contributed by atoms with Crippen molar-refractivity contribution in [2.24, 2.45) is 5.41 Å². The Morgan fingerprint density at radius 1 is 1.21 bits per heavy atom. The molecule has 0 aromatic heterocycles. The minimum absolute atomic E-state index is 0.196. The molecule has 2 aliphatic heterocycles. The summed E-state index contributed by atoms with van der Waals surface area (Å²) in [6.07, 6.45) is 4.67.